The monoisotopic (exact) mass is 241 g/mol. The molecule has 1 atom stereocenters. The highest BCUT2D eigenvalue weighted by Crippen LogP contribution is 2.41. The molecule has 0 aromatic heterocycles. The van der Waals surface area contributed by atoms with Crippen LogP contribution in [-0.4, -0.2) is 31.7 Å². The summed E-state index contributed by atoms with van der Waals surface area (Å²) < 4.78 is 19.8. The van der Waals surface area contributed by atoms with Gasteiger partial charge in [-0.2, -0.15) is 0 Å². The molecule has 0 aliphatic carbocycles. The van der Waals surface area contributed by atoms with Gasteiger partial charge in [0.1, 0.15) is 0 Å². The third-order valence-corrected chi connectivity index (χ3v) is 2.95. The van der Waals surface area contributed by atoms with Gasteiger partial charge in [0, 0.05) is 8.54 Å². The van der Waals surface area contributed by atoms with Crippen LogP contribution in [0.3, 0.4) is 0 Å². The topological polar surface area (TPSA) is 67.8 Å². The minimum Gasteiger partial charge on any atom is -0.317 e. The Morgan fingerprint density at radius 2 is 2.00 bits per heavy atom. The maximum Gasteiger partial charge on any atom is 0.471 e. The van der Waals surface area contributed by atoms with Crippen LogP contribution in [-0.2, 0) is 13.6 Å². The van der Waals surface area contributed by atoms with E-state index in [4.69, 9.17) is 4.89 Å². The summed E-state index contributed by atoms with van der Waals surface area (Å²) in [6.07, 6.45) is 4.04. The zero-order chi connectivity index (χ0) is 11.6. The van der Waals surface area contributed by atoms with Crippen molar-refractivity contribution in [1.29, 1.82) is 0 Å². The van der Waals surface area contributed by atoms with Crippen molar-refractivity contribution in [2.24, 2.45) is 0 Å². The molecule has 15 heavy (non-hydrogen) atoms. The largest absolute Gasteiger partial charge is 0.471 e. The van der Waals surface area contributed by atoms with E-state index in [-0.39, 0.29) is 8.03 Å². The quantitative estimate of drug-likeness (QED) is 0.453. The fraction of sp³-hybridized carbons (Fsp3) is 1.00. The molecule has 0 aromatic rings. The maximum absolute atomic E-state index is 10.9. The molecule has 6 heteroatoms. The van der Waals surface area contributed by atoms with Gasteiger partial charge in [-0.25, -0.2) is 4.57 Å². The van der Waals surface area contributed by atoms with E-state index in [0.717, 1.165) is 45.9 Å². The van der Waals surface area contributed by atoms with Crippen LogP contribution in [0.4, 0.5) is 0 Å². The average molecular weight is 241 g/mol. The first-order chi connectivity index (χ1) is 7.12. The second kappa shape index (κ2) is 9.31. The summed E-state index contributed by atoms with van der Waals surface area (Å²) in [4.78, 5) is 8.90. The highest BCUT2D eigenvalue weighted by Gasteiger charge is 2.16. The van der Waals surface area contributed by atoms with E-state index in [1.165, 1.54) is 0 Å². The van der Waals surface area contributed by atoms with Crippen LogP contribution in [0.15, 0.2) is 0 Å². The third-order valence-electron chi connectivity index (χ3n) is 1.98. The molecular formula is C9H24NO4P. The Bertz CT molecular complexity index is 194. The highest BCUT2D eigenvalue weighted by molar-refractivity contribution is 7.47. The molecule has 94 valence electrons. The smallest absolute Gasteiger partial charge is 0.317 e. The van der Waals surface area contributed by atoms with Gasteiger partial charge in [-0.1, -0.05) is 19.8 Å². The molecule has 0 rings (SSSR count). The highest BCUT2D eigenvalue weighted by atomic mass is 31.2. The molecule has 2 N–H and O–H groups in total. The van der Waals surface area contributed by atoms with E-state index in [1.807, 2.05) is 0 Å². The Morgan fingerprint density at radius 1 is 1.33 bits per heavy atom. The van der Waals surface area contributed by atoms with Gasteiger partial charge in [0.15, 0.2) is 0 Å². The Hall–Kier alpha value is 0.0700. The summed E-state index contributed by atoms with van der Waals surface area (Å²) >= 11 is 0. The Labute approximate surface area is 93.3 Å². The van der Waals surface area contributed by atoms with Crippen molar-refractivity contribution >= 4 is 7.82 Å². The van der Waals surface area contributed by atoms with E-state index in [2.05, 4.69) is 21.3 Å². The van der Waals surface area contributed by atoms with Crippen LogP contribution >= 0.6 is 7.82 Å². The molecule has 0 aliphatic heterocycles. The van der Waals surface area contributed by atoms with E-state index in [0.29, 0.717) is 0 Å². The van der Waals surface area contributed by atoms with Gasteiger partial charge in [0.2, 0.25) is 0 Å². The lowest BCUT2D eigenvalue weighted by atomic mass is 10.2. The third kappa shape index (κ3) is 10.4. The SMILES string of the molecule is CCNCCCCCCOP(=O)(O)OC.[HH]. The first kappa shape index (κ1) is 15.1. The standard InChI is InChI=1S/C9H22NO4P.H2/c1-3-10-8-6-4-5-7-9-14-15(11,12)13-2;/h10H,3-9H2,1-2H3,(H,11,12);1H. The van der Waals surface area contributed by atoms with Gasteiger partial charge < -0.3 is 10.2 Å². The van der Waals surface area contributed by atoms with Crippen molar-refractivity contribution in [2.45, 2.75) is 32.6 Å². The first-order valence-electron chi connectivity index (χ1n) is 5.36. The Morgan fingerprint density at radius 3 is 2.60 bits per heavy atom. The van der Waals surface area contributed by atoms with Crippen LogP contribution in [0.25, 0.3) is 0 Å². The zero-order valence-corrected chi connectivity index (χ0v) is 10.5. The predicted molar refractivity (Wildman–Crippen MR) is 61.9 cm³/mol. The zero-order valence-electron chi connectivity index (χ0n) is 9.57. The summed E-state index contributed by atoms with van der Waals surface area (Å²) in [6, 6.07) is 0. The number of phosphoric ester groups is 1. The van der Waals surface area contributed by atoms with Crippen LogP contribution in [0.2, 0.25) is 0 Å². The number of phosphoric acid groups is 1. The lowest BCUT2D eigenvalue weighted by molar-refractivity contribution is 0.170. The van der Waals surface area contributed by atoms with Crippen molar-refractivity contribution in [2.75, 3.05) is 26.8 Å². The summed E-state index contributed by atoms with van der Waals surface area (Å²) in [5.41, 5.74) is 0. The maximum atomic E-state index is 10.9. The predicted octanol–water partition coefficient (Wildman–Crippen LogP) is 2.17. The van der Waals surface area contributed by atoms with Gasteiger partial charge in [-0.3, -0.25) is 9.05 Å². The lowest BCUT2D eigenvalue weighted by Crippen LogP contribution is -2.13. The van der Waals surface area contributed by atoms with Gasteiger partial charge in [-0.05, 0) is 25.9 Å². The second-order valence-electron chi connectivity index (χ2n) is 3.25. The number of hydrogen-bond acceptors (Lipinski definition) is 4. The molecule has 0 bridgehead atoms. The number of unbranched alkanes of at least 4 members (excludes halogenated alkanes) is 3. The van der Waals surface area contributed by atoms with E-state index >= 15 is 0 Å². The number of hydrogen-bond donors (Lipinski definition) is 2. The Balaban J connectivity index is 0. The van der Waals surface area contributed by atoms with Crippen molar-refractivity contribution in [3.63, 3.8) is 0 Å². The van der Waals surface area contributed by atoms with Crippen molar-refractivity contribution in [3.05, 3.63) is 0 Å². The molecule has 0 amide bonds. The molecule has 0 aromatic carbocycles. The normalized spacial score (nSPS) is 15.1. The van der Waals surface area contributed by atoms with E-state index in [9.17, 15) is 4.57 Å². The van der Waals surface area contributed by atoms with Gasteiger partial charge in [-0.15, -0.1) is 0 Å². The molecule has 0 spiro atoms. The Kier molecular flexibility index (Phi) is 9.35. The van der Waals surface area contributed by atoms with E-state index in [1.54, 1.807) is 0 Å². The molecule has 0 radical (unpaired) electrons. The van der Waals surface area contributed by atoms with Gasteiger partial charge >= 0.3 is 7.82 Å². The molecule has 0 saturated heterocycles. The molecule has 0 heterocycles. The number of nitrogens with one attached hydrogen (secondary N) is 1. The number of rotatable bonds is 10. The fourth-order valence-corrected chi connectivity index (χ4v) is 1.58. The molecule has 5 nitrogen and oxygen atoms in total. The summed E-state index contributed by atoms with van der Waals surface area (Å²) in [5, 5.41) is 3.24. The molecule has 0 saturated carbocycles. The average Bonchev–Trinajstić information content (AvgIpc) is 2.22. The van der Waals surface area contributed by atoms with Crippen molar-refractivity contribution < 1.29 is 19.9 Å². The van der Waals surface area contributed by atoms with Gasteiger partial charge in [0.05, 0.1) is 6.61 Å². The van der Waals surface area contributed by atoms with Crippen LogP contribution < -0.4 is 5.32 Å². The lowest BCUT2D eigenvalue weighted by Gasteiger charge is -2.08. The van der Waals surface area contributed by atoms with E-state index < -0.39 is 7.82 Å². The van der Waals surface area contributed by atoms with Crippen LogP contribution in [0.5, 0.6) is 0 Å². The fourth-order valence-electron chi connectivity index (χ4n) is 1.12. The molecule has 0 fully saturated rings. The molecule has 0 aliphatic rings. The molecule has 1 unspecified atom stereocenters. The summed E-state index contributed by atoms with van der Waals surface area (Å²) in [7, 11) is -2.59. The van der Waals surface area contributed by atoms with Crippen molar-refractivity contribution in [3.8, 4) is 0 Å². The molecular weight excluding hydrogens is 217 g/mol. The minimum absolute atomic E-state index is 0. The van der Waals surface area contributed by atoms with Crippen LogP contribution in [0.1, 0.15) is 34.0 Å². The second-order valence-corrected chi connectivity index (χ2v) is 4.81. The first-order valence-corrected chi connectivity index (χ1v) is 6.85. The van der Waals surface area contributed by atoms with Gasteiger partial charge in [0.25, 0.3) is 0 Å². The van der Waals surface area contributed by atoms with Crippen molar-refractivity contribution in [1.82, 2.24) is 5.32 Å². The summed E-state index contributed by atoms with van der Waals surface area (Å²) in [6.45, 7) is 4.40. The minimum atomic E-state index is -3.75. The van der Waals surface area contributed by atoms with Crippen LogP contribution in [0, 0.1) is 0 Å². The summed E-state index contributed by atoms with van der Waals surface area (Å²) in [5.74, 6) is 0.